The molecule has 148 valence electrons. The summed E-state index contributed by atoms with van der Waals surface area (Å²) in [4.78, 5) is 4.39. The molecule has 27 heavy (non-hydrogen) atoms. The quantitative estimate of drug-likeness (QED) is 0.331. The summed E-state index contributed by atoms with van der Waals surface area (Å²) in [5.74, 6) is 1.77. The Labute approximate surface area is 163 Å². The van der Waals surface area contributed by atoms with Crippen LogP contribution in [-0.2, 0) is 10.0 Å². The lowest BCUT2D eigenvalue weighted by atomic mass is 10.3. The van der Waals surface area contributed by atoms with Crippen LogP contribution in [0.15, 0.2) is 44.9 Å². The smallest absolute Gasteiger partial charge is 0.250 e. The SMILES string of the molecule is CCNC(=NCCNS(=O)(=O)c1cccs1)Nc1ccc(OC)c(OC)c1. The molecule has 0 amide bonds. The normalized spacial score (nSPS) is 11.9. The van der Waals surface area contributed by atoms with E-state index in [1.165, 1.54) is 11.3 Å². The van der Waals surface area contributed by atoms with Crippen molar-refractivity contribution < 1.29 is 17.9 Å². The second-order valence-electron chi connectivity index (χ2n) is 5.29. The lowest BCUT2D eigenvalue weighted by Gasteiger charge is -2.14. The summed E-state index contributed by atoms with van der Waals surface area (Å²) in [6, 6.07) is 8.70. The lowest BCUT2D eigenvalue weighted by molar-refractivity contribution is 0.355. The minimum Gasteiger partial charge on any atom is -0.493 e. The molecule has 1 aromatic heterocycles. The number of rotatable bonds is 9. The fourth-order valence-electron chi connectivity index (χ4n) is 2.19. The van der Waals surface area contributed by atoms with Gasteiger partial charge in [0.15, 0.2) is 17.5 Å². The summed E-state index contributed by atoms with van der Waals surface area (Å²) < 4.78 is 37.5. The van der Waals surface area contributed by atoms with E-state index in [1.54, 1.807) is 43.9 Å². The molecule has 0 saturated heterocycles. The summed E-state index contributed by atoms with van der Waals surface area (Å²) in [5.41, 5.74) is 0.770. The molecule has 0 aliphatic rings. The fraction of sp³-hybridized carbons (Fsp3) is 0.353. The third kappa shape index (κ3) is 6.12. The van der Waals surface area contributed by atoms with Gasteiger partial charge in [0.05, 0.1) is 20.8 Å². The second-order valence-corrected chi connectivity index (χ2v) is 8.23. The molecule has 0 aliphatic carbocycles. The molecule has 0 fully saturated rings. The summed E-state index contributed by atoms with van der Waals surface area (Å²) in [6.07, 6.45) is 0. The van der Waals surface area contributed by atoms with Crippen LogP contribution in [0, 0.1) is 0 Å². The van der Waals surface area contributed by atoms with Crippen LogP contribution < -0.4 is 24.8 Å². The monoisotopic (exact) mass is 412 g/mol. The molecular formula is C17H24N4O4S2. The largest absolute Gasteiger partial charge is 0.493 e. The van der Waals surface area contributed by atoms with Crippen molar-refractivity contribution in [2.24, 2.45) is 4.99 Å². The van der Waals surface area contributed by atoms with E-state index in [0.29, 0.717) is 28.2 Å². The highest BCUT2D eigenvalue weighted by molar-refractivity contribution is 7.91. The number of benzene rings is 1. The van der Waals surface area contributed by atoms with Gasteiger partial charge in [0, 0.05) is 24.8 Å². The highest BCUT2D eigenvalue weighted by Gasteiger charge is 2.13. The van der Waals surface area contributed by atoms with Crippen molar-refractivity contribution in [2.75, 3.05) is 39.2 Å². The van der Waals surface area contributed by atoms with Gasteiger partial charge >= 0.3 is 0 Å². The number of hydrogen-bond donors (Lipinski definition) is 3. The predicted molar refractivity (Wildman–Crippen MR) is 109 cm³/mol. The number of anilines is 1. The number of nitrogens with one attached hydrogen (secondary N) is 3. The van der Waals surface area contributed by atoms with Crippen LogP contribution in [0.2, 0.25) is 0 Å². The molecule has 0 saturated carbocycles. The number of methoxy groups -OCH3 is 2. The van der Waals surface area contributed by atoms with Gasteiger partial charge in [-0.25, -0.2) is 13.1 Å². The first-order valence-corrected chi connectivity index (χ1v) is 10.7. The zero-order valence-electron chi connectivity index (χ0n) is 15.5. The first-order chi connectivity index (χ1) is 13.0. The predicted octanol–water partition coefficient (Wildman–Crippen LogP) is 2.12. The number of guanidine groups is 1. The Morgan fingerprint density at radius 1 is 1.19 bits per heavy atom. The van der Waals surface area contributed by atoms with E-state index in [0.717, 1.165) is 5.69 Å². The molecule has 0 radical (unpaired) electrons. The summed E-state index contributed by atoms with van der Waals surface area (Å²) in [6.45, 7) is 3.10. The van der Waals surface area contributed by atoms with Gasteiger partial charge in [-0.2, -0.15) is 0 Å². The van der Waals surface area contributed by atoms with E-state index in [9.17, 15) is 8.42 Å². The molecular weight excluding hydrogens is 388 g/mol. The molecule has 10 heteroatoms. The highest BCUT2D eigenvalue weighted by atomic mass is 32.2. The first-order valence-electron chi connectivity index (χ1n) is 8.30. The van der Waals surface area contributed by atoms with Crippen molar-refractivity contribution in [2.45, 2.75) is 11.1 Å². The van der Waals surface area contributed by atoms with Crippen LogP contribution in [-0.4, -0.2) is 48.2 Å². The van der Waals surface area contributed by atoms with Crippen molar-refractivity contribution in [1.29, 1.82) is 0 Å². The molecule has 0 bridgehead atoms. The number of hydrogen-bond acceptors (Lipinski definition) is 6. The molecule has 2 rings (SSSR count). The summed E-state index contributed by atoms with van der Waals surface area (Å²) in [5, 5.41) is 8.00. The number of ether oxygens (including phenoxy) is 2. The Morgan fingerprint density at radius 2 is 1.96 bits per heavy atom. The average Bonchev–Trinajstić information content (AvgIpc) is 3.21. The van der Waals surface area contributed by atoms with E-state index < -0.39 is 10.0 Å². The number of aliphatic imine (C=N–C) groups is 1. The van der Waals surface area contributed by atoms with Gasteiger partial charge in [-0.1, -0.05) is 6.07 Å². The van der Waals surface area contributed by atoms with Gasteiger partial charge in [0.2, 0.25) is 10.0 Å². The van der Waals surface area contributed by atoms with Crippen LogP contribution in [0.3, 0.4) is 0 Å². The number of thiophene rings is 1. The van der Waals surface area contributed by atoms with Crippen LogP contribution in [0.1, 0.15) is 6.92 Å². The highest BCUT2D eigenvalue weighted by Crippen LogP contribution is 2.29. The van der Waals surface area contributed by atoms with Crippen LogP contribution in [0.4, 0.5) is 5.69 Å². The Morgan fingerprint density at radius 3 is 2.59 bits per heavy atom. The molecule has 0 spiro atoms. The van der Waals surface area contributed by atoms with Crippen LogP contribution in [0.25, 0.3) is 0 Å². The van der Waals surface area contributed by atoms with Gasteiger partial charge < -0.3 is 20.1 Å². The van der Waals surface area contributed by atoms with Crippen molar-refractivity contribution >= 4 is 33.0 Å². The average molecular weight is 413 g/mol. The standard InChI is InChI=1S/C17H24N4O4S2/c1-4-18-17(21-13-7-8-14(24-2)15(12-13)25-3)19-9-10-20-27(22,23)16-6-5-11-26-16/h5-8,11-12,20H,4,9-10H2,1-3H3,(H2,18,19,21). The Hall–Kier alpha value is -2.30. The third-order valence-electron chi connectivity index (χ3n) is 3.42. The molecule has 0 aliphatic heterocycles. The summed E-state index contributed by atoms with van der Waals surface area (Å²) >= 11 is 1.18. The van der Waals surface area contributed by atoms with Gasteiger partial charge in [-0.05, 0) is 30.5 Å². The van der Waals surface area contributed by atoms with Gasteiger partial charge in [-0.3, -0.25) is 4.99 Å². The maximum atomic E-state index is 12.1. The fourth-order valence-corrected chi connectivity index (χ4v) is 4.25. The van der Waals surface area contributed by atoms with Crippen molar-refractivity contribution in [3.8, 4) is 11.5 Å². The molecule has 8 nitrogen and oxygen atoms in total. The van der Waals surface area contributed by atoms with Crippen molar-refractivity contribution in [1.82, 2.24) is 10.0 Å². The topological polar surface area (TPSA) is 101 Å². The maximum Gasteiger partial charge on any atom is 0.250 e. The van der Waals surface area contributed by atoms with E-state index in [4.69, 9.17) is 9.47 Å². The van der Waals surface area contributed by atoms with Crippen molar-refractivity contribution in [3.05, 3.63) is 35.7 Å². The van der Waals surface area contributed by atoms with Gasteiger partial charge in [0.1, 0.15) is 4.21 Å². The van der Waals surface area contributed by atoms with E-state index in [-0.39, 0.29) is 13.1 Å². The summed E-state index contributed by atoms with van der Waals surface area (Å²) in [7, 11) is -0.328. The lowest BCUT2D eigenvalue weighted by Crippen LogP contribution is -2.32. The minimum atomic E-state index is -3.47. The second kappa shape index (κ2) is 10.1. The number of sulfonamides is 1. The zero-order valence-corrected chi connectivity index (χ0v) is 17.1. The van der Waals surface area contributed by atoms with E-state index in [1.807, 2.05) is 13.0 Å². The van der Waals surface area contributed by atoms with Gasteiger partial charge in [-0.15, -0.1) is 11.3 Å². The van der Waals surface area contributed by atoms with Gasteiger partial charge in [0.25, 0.3) is 0 Å². The Kier molecular flexibility index (Phi) is 7.89. The minimum absolute atomic E-state index is 0.197. The molecule has 1 aromatic carbocycles. The van der Waals surface area contributed by atoms with Crippen LogP contribution >= 0.6 is 11.3 Å². The first kappa shape index (κ1) is 21.0. The molecule has 2 aromatic rings. The zero-order chi connectivity index (χ0) is 19.7. The Bertz CT molecular complexity index is 852. The molecule has 0 unspecified atom stereocenters. The van der Waals surface area contributed by atoms with Crippen molar-refractivity contribution in [3.63, 3.8) is 0 Å². The Balaban J connectivity index is 1.98. The third-order valence-corrected chi connectivity index (χ3v) is 6.28. The molecule has 3 N–H and O–H groups in total. The van der Waals surface area contributed by atoms with Crippen LogP contribution in [0.5, 0.6) is 11.5 Å². The maximum absolute atomic E-state index is 12.1. The van der Waals surface area contributed by atoms with E-state index >= 15 is 0 Å². The molecule has 1 heterocycles. The number of nitrogens with zero attached hydrogens (tertiary/aromatic N) is 1. The molecule has 0 atom stereocenters. The van der Waals surface area contributed by atoms with E-state index in [2.05, 4.69) is 20.3 Å².